The Morgan fingerprint density at radius 2 is 2.36 bits per heavy atom. The van der Waals surface area contributed by atoms with Crippen LogP contribution in [0.5, 0.6) is 0 Å². The van der Waals surface area contributed by atoms with Gasteiger partial charge in [0.1, 0.15) is 5.82 Å². The van der Waals surface area contributed by atoms with E-state index in [0.29, 0.717) is 26.1 Å². The standard InChI is InChI=1S/C15H18N4O2S/c1-10-16-17-14-9-18(4-5-19(10)14)15(20)8-12-11-3-7-22-13(11)2-6-21-12/h3,7,12H,2,4-6,8-9H2,1H3/t12-/m0/s1. The molecule has 1 atom stereocenters. The summed E-state index contributed by atoms with van der Waals surface area (Å²) in [5.74, 6) is 1.93. The number of hydrogen-bond acceptors (Lipinski definition) is 5. The largest absolute Gasteiger partial charge is 0.373 e. The quantitative estimate of drug-likeness (QED) is 0.845. The van der Waals surface area contributed by atoms with Crippen LogP contribution in [0.15, 0.2) is 11.4 Å². The lowest BCUT2D eigenvalue weighted by Crippen LogP contribution is -2.39. The van der Waals surface area contributed by atoms with E-state index in [9.17, 15) is 4.79 Å². The van der Waals surface area contributed by atoms with Crippen LogP contribution in [0.1, 0.15) is 34.6 Å². The average molecular weight is 318 g/mol. The Labute approximate surface area is 132 Å². The number of thiophene rings is 1. The maximum absolute atomic E-state index is 12.6. The first-order valence-electron chi connectivity index (χ1n) is 7.56. The fraction of sp³-hybridized carbons (Fsp3) is 0.533. The molecule has 0 unspecified atom stereocenters. The Balaban J connectivity index is 1.46. The molecule has 116 valence electrons. The minimum absolute atomic E-state index is 0.0935. The first-order valence-corrected chi connectivity index (χ1v) is 8.44. The van der Waals surface area contributed by atoms with E-state index in [-0.39, 0.29) is 12.0 Å². The number of nitrogens with zero attached hydrogens (tertiary/aromatic N) is 4. The van der Waals surface area contributed by atoms with Gasteiger partial charge >= 0.3 is 0 Å². The fourth-order valence-electron chi connectivity index (χ4n) is 3.20. The highest BCUT2D eigenvalue weighted by molar-refractivity contribution is 7.10. The van der Waals surface area contributed by atoms with Crippen LogP contribution in [0.25, 0.3) is 0 Å². The van der Waals surface area contributed by atoms with E-state index in [2.05, 4.69) is 26.2 Å². The molecule has 2 aromatic rings. The molecule has 0 N–H and O–H groups in total. The molecule has 0 saturated carbocycles. The predicted molar refractivity (Wildman–Crippen MR) is 81.5 cm³/mol. The van der Waals surface area contributed by atoms with Crippen LogP contribution < -0.4 is 0 Å². The van der Waals surface area contributed by atoms with Crippen molar-refractivity contribution in [2.45, 2.75) is 39.0 Å². The molecule has 0 spiro atoms. The second kappa shape index (κ2) is 5.48. The maximum Gasteiger partial charge on any atom is 0.226 e. The van der Waals surface area contributed by atoms with Gasteiger partial charge in [0.2, 0.25) is 5.91 Å². The van der Waals surface area contributed by atoms with E-state index in [0.717, 1.165) is 24.6 Å². The number of aromatic nitrogens is 3. The molecule has 1 amide bonds. The monoisotopic (exact) mass is 318 g/mol. The molecule has 0 aliphatic carbocycles. The van der Waals surface area contributed by atoms with Gasteiger partial charge < -0.3 is 14.2 Å². The van der Waals surface area contributed by atoms with Gasteiger partial charge in [0.15, 0.2) is 5.82 Å². The second-order valence-electron chi connectivity index (χ2n) is 5.74. The highest BCUT2D eigenvalue weighted by atomic mass is 32.1. The van der Waals surface area contributed by atoms with Gasteiger partial charge in [-0.2, -0.15) is 0 Å². The van der Waals surface area contributed by atoms with Crippen molar-refractivity contribution in [3.05, 3.63) is 33.5 Å². The zero-order chi connectivity index (χ0) is 15.1. The minimum atomic E-state index is -0.0935. The van der Waals surface area contributed by atoms with E-state index in [1.165, 1.54) is 10.4 Å². The molecule has 7 heteroatoms. The summed E-state index contributed by atoms with van der Waals surface area (Å²) in [6, 6.07) is 2.09. The Morgan fingerprint density at radius 1 is 1.45 bits per heavy atom. The maximum atomic E-state index is 12.6. The van der Waals surface area contributed by atoms with Gasteiger partial charge in [-0.05, 0) is 23.9 Å². The molecule has 0 fully saturated rings. The van der Waals surface area contributed by atoms with Crippen LogP contribution in [0.3, 0.4) is 0 Å². The lowest BCUT2D eigenvalue weighted by molar-refractivity contribution is -0.136. The number of carbonyl (C=O) groups excluding carboxylic acids is 1. The third-order valence-electron chi connectivity index (χ3n) is 4.43. The number of rotatable bonds is 2. The molecule has 2 aliphatic rings. The Hall–Kier alpha value is -1.73. The first kappa shape index (κ1) is 13.9. The second-order valence-corrected chi connectivity index (χ2v) is 6.74. The lowest BCUT2D eigenvalue weighted by atomic mass is 10.0. The molecule has 4 heterocycles. The number of amides is 1. The smallest absolute Gasteiger partial charge is 0.226 e. The summed E-state index contributed by atoms with van der Waals surface area (Å²) in [5.41, 5.74) is 1.20. The van der Waals surface area contributed by atoms with E-state index < -0.39 is 0 Å². The van der Waals surface area contributed by atoms with Gasteiger partial charge in [0.05, 0.1) is 25.7 Å². The van der Waals surface area contributed by atoms with E-state index in [1.54, 1.807) is 11.3 Å². The normalized spacial score (nSPS) is 20.6. The predicted octanol–water partition coefficient (Wildman–Crippen LogP) is 1.69. The van der Waals surface area contributed by atoms with Crippen molar-refractivity contribution in [2.24, 2.45) is 0 Å². The van der Waals surface area contributed by atoms with Crippen LogP contribution in [0, 0.1) is 6.92 Å². The van der Waals surface area contributed by atoms with Crippen molar-refractivity contribution < 1.29 is 9.53 Å². The highest BCUT2D eigenvalue weighted by Crippen LogP contribution is 2.33. The van der Waals surface area contributed by atoms with Gasteiger partial charge in [-0.3, -0.25) is 4.79 Å². The van der Waals surface area contributed by atoms with Crippen molar-refractivity contribution in [1.82, 2.24) is 19.7 Å². The summed E-state index contributed by atoms with van der Waals surface area (Å²) >= 11 is 1.76. The van der Waals surface area contributed by atoms with E-state index >= 15 is 0 Å². The van der Waals surface area contributed by atoms with Crippen LogP contribution >= 0.6 is 11.3 Å². The number of carbonyl (C=O) groups is 1. The molecule has 0 radical (unpaired) electrons. The zero-order valence-corrected chi connectivity index (χ0v) is 13.3. The van der Waals surface area contributed by atoms with E-state index in [1.807, 2.05) is 11.8 Å². The lowest BCUT2D eigenvalue weighted by Gasteiger charge is -2.30. The average Bonchev–Trinajstić information content (AvgIpc) is 3.14. The summed E-state index contributed by atoms with van der Waals surface area (Å²) in [6.07, 6.45) is 1.28. The molecule has 0 saturated heterocycles. The van der Waals surface area contributed by atoms with Crippen molar-refractivity contribution in [2.75, 3.05) is 13.2 Å². The molecular formula is C15H18N4O2S. The molecule has 2 aromatic heterocycles. The number of hydrogen-bond donors (Lipinski definition) is 0. The zero-order valence-electron chi connectivity index (χ0n) is 12.5. The molecule has 2 aliphatic heterocycles. The van der Waals surface area contributed by atoms with E-state index in [4.69, 9.17) is 4.74 Å². The Bertz CT molecular complexity index is 708. The molecule has 0 aromatic carbocycles. The summed E-state index contributed by atoms with van der Waals surface area (Å²) in [6.45, 7) is 4.69. The Kier molecular flexibility index (Phi) is 3.46. The van der Waals surface area contributed by atoms with Gasteiger partial charge in [-0.25, -0.2) is 0 Å². The van der Waals surface area contributed by atoms with Crippen molar-refractivity contribution in [3.8, 4) is 0 Å². The topological polar surface area (TPSA) is 60.2 Å². The molecule has 0 bridgehead atoms. The van der Waals surface area contributed by atoms with Gasteiger partial charge in [-0.15, -0.1) is 21.5 Å². The molecule has 4 rings (SSSR count). The van der Waals surface area contributed by atoms with Crippen LogP contribution in [-0.4, -0.2) is 38.7 Å². The van der Waals surface area contributed by atoms with Gasteiger partial charge in [0, 0.05) is 24.4 Å². The third kappa shape index (κ3) is 2.34. The number of ether oxygens (including phenoxy) is 1. The highest BCUT2D eigenvalue weighted by Gasteiger charge is 2.29. The van der Waals surface area contributed by atoms with Crippen LogP contribution in [-0.2, 0) is 29.0 Å². The molecule has 6 nitrogen and oxygen atoms in total. The fourth-order valence-corrected chi connectivity index (χ4v) is 4.11. The van der Waals surface area contributed by atoms with Crippen LogP contribution in [0.2, 0.25) is 0 Å². The SMILES string of the molecule is Cc1nnc2n1CCN(C(=O)C[C@@H]1OCCc3sccc31)C2. The Morgan fingerprint density at radius 3 is 3.27 bits per heavy atom. The van der Waals surface area contributed by atoms with Crippen molar-refractivity contribution in [1.29, 1.82) is 0 Å². The summed E-state index contributed by atoms with van der Waals surface area (Å²) in [4.78, 5) is 15.8. The minimum Gasteiger partial charge on any atom is -0.373 e. The van der Waals surface area contributed by atoms with Gasteiger partial charge in [0.25, 0.3) is 0 Å². The number of fused-ring (bicyclic) bond motifs is 2. The molecule has 22 heavy (non-hydrogen) atoms. The summed E-state index contributed by atoms with van der Waals surface area (Å²) < 4.78 is 7.91. The first-order chi connectivity index (χ1) is 10.7. The molecular weight excluding hydrogens is 300 g/mol. The summed E-state index contributed by atoms with van der Waals surface area (Å²) in [5, 5.41) is 10.3. The van der Waals surface area contributed by atoms with Crippen LogP contribution in [0.4, 0.5) is 0 Å². The van der Waals surface area contributed by atoms with Crippen molar-refractivity contribution in [3.63, 3.8) is 0 Å². The number of aryl methyl sites for hydroxylation is 1. The van der Waals surface area contributed by atoms with Crippen molar-refractivity contribution >= 4 is 17.2 Å². The third-order valence-corrected chi connectivity index (χ3v) is 5.42. The summed E-state index contributed by atoms with van der Waals surface area (Å²) in [7, 11) is 0. The van der Waals surface area contributed by atoms with Gasteiger partial charge in [-0.1, -0.05) is 0 Å².